The number of hydrogen-bond donors (Lipinski definition) is 2. The van der Waals surface area contributed by atoms with Crippen molar-refractivity contribution < 1.29 is 4.39 Å². The van der Waals surface area contributed by atoms with Gasteiger partial charge in [-0.3, -0.25) is 9.67 Å². The van der Waals surface area contributed by atoms with Crippen molar-refractivity contribution >= 4 is 29.9 Å². The summed E-state index contributed by atoms with van der Waals surface area (Å²) in [7, 11) is 1.73. The Balaban J connectivity index is 0.00000261. The van der Waals surface area contributed by atoms with Crippen molar-refractivity contribution in [2.45, 2.75) is 58.2 Å². The van der Waals surface area contributed by atoms with Crippen LogP contribution in [0.2, 0.25) is 0 Å². The van der Waals surface area contributed by atoms with E-state index in [1.807, 2.05) is 13.0 Å². The van der Waals surface area contributed by atoms with E-state index < -0.39 is 0 Å². The Morgan fingerprint density at radius 1 is 1.33 bits per heavy atom. The minimum atomic E-state index is -0.184. The number of benzene rings is 1. The highest BCUT2D eigenvalue weighted by atomic mass is 127. The van der Waals surface area contributed by atoms with E-state index in [0.717, 1.165) is 11.3 Å². The van der Waals surface area contributed by atoms with Gasteiger partial charge < -0.3 is 10.6 Å². The molecule has 148 valence electrons. The van der Waals surface area contributed by atoms with Crippen molar-refractivity contribution in [3.8, 4) is 0 Å². The van der Waals surface area contributed by atoms with E-state index >= 15 is 0 Å². The Bertz CT molecular complexity index is 767. The van der Waals surface area contributed by atoms with Crippen LogP contribution in [0.5, 0.6) is 0 Å². The number of nitrogens with one attached hydrogen (secondary N) is 2. The minimum absolute atomic E-state index is 0. The van der Waals surface area contributed by atoms with Crippen molar-refractivity contribution in [3.05, 3.63) is 53.1 Å². The van der Waals surface area contributed by atoms with E-state index in [2.05, 4.69) is 37.7 Å². The fraction of sp³-hybridized carbons (Fsp3) is 0.500. The molecule has 0 saturated heterocycles. The molecule has 1 unspecified atom stereocenters. The van der Waals surface area contributed by atoms with Gasteiger partial charge in [0.25, 0.3) is 0 Å². The van der Waals surface area contributed by atoms with Gasteiger partial charge in [0.15, 0.2) is 5.96 Å². The maximum absolute atomic E-state index is 13.8. The number of aliphatic imine (C=N–C) groups is 1. The molecule has 1 heterocycles. The summed E-state index contributed by atoms with van der Waals surface area (Å²) < 4.78 is 15.9. The van der Waals surface area contributed by atoms with Crippen LogP contribution in [0.15, 0.2) is 35.5 Å². The van der Waals surface area contributed by atoms with Crippen LogP contribution in [0.3, 0.4) is 0 Å². The summed E-state index contributed by atoms with van der Waals surface area (Å²) in [5.74, 6) is 0.491. The summed E-state index contributed by atoms with van der Waals surface area (Å²) in [6.45, 7) is 4.36. The third kappa shape index (κ3) is 5.67. The summed E-state index contributed by atoms with van der Waals surface area (Å²) in [5.41, 5.74) is 2.54. The summed E-state index contributed by atoms with van der Waals surface area (Å²) in [5, 5.41) is 11.3. The first-order chi connectivity index (χ1) is 12.6. The SMILES string of the molecule is CN=C(NCc1ccn(C2CCCC2)n1)NC(C)c1ccc(C)c(F)c1.I. The number of hydrogen-bond acceptors (Lipinski definition) is 2. The lowest BCUT2D eigenvalue weighted by molar-refractivity contribution is 0.462. The van der Waals surface area contributed by atoms with Gasteiger partial charge in [-0.05, 0) is 49.9 Å². The number of aromatic nitrogens is 2. The highest BCUT2D eigenvalue weighted by Crippen LogP contribution is 2.28. The molecule has 0 amide bonds. The molecule has 0 spiro atoms. The number of nitrogens with zero attached hydrogens (tertiary/aromatic N) is 3. The summed E-state index contributed by atoms with van der Waals surface area (Å²) >= 11 is 0. The summed E-state index contributed by atoms with van der Waals surface area (Å²) in [6.07, 6.45) is 7.12. The van der Waals surface area contributed by atoms with E-state index in [1.165, 1.54) is 25.7 Å². The predicted octanol–water partition coefficient (Wildman–Crippen LogP) is 4.49. The quantitative estimate of drug-likeness (QED) is 0.373. The Labute approximate surface area is 177 Å². The van der Waals surface area contributed by atoms with Gasteiger partial charge in [-0.25, -0.2) is 4.39 Å². The molecule has 5 nitrogen and oxygen atoms in total. The Morgan fingerprint density at radius 2 is 2.07 bits per heavy atom. The van der Waals surface area contributed by atoms with Crippen molar-refractivity contribution in [3.63, 3.8) is 0 Å². The third-order valence-electron chi connectivity index (χ3n) is 5.07. The molecule has 2 N–H and O–H groups in total. The normalized spacial score (nSPS) is 16.1. The van der Waals surface area contributed by atoms with E-state index in [1.54, 1.807) is 26.1 Å². The van der Waals surface area contributed by atoms with E-state index in [0.29, 0.717) is 24.1 Å². The van der Waals surface area contributed by atoms with Gasteiger partial charge in [-0.1, -0.05) is 25.0 Å². The zero-order chi connectivity index (χ0) is 18.5. The standard InChI is InChI=1S/C20H28FN5.HI/c1-14-8-9-16(12-19(14)21)15(2)24-20(22-3)23-13-17-10-11-26(25-17)18-6-4-5-7-18;/h8-12,15,18H,4-7,13H2,1-3H3,(H2,22,23,24);1H. The average molecular weight is 485 g/mol. The largest absolute Gasteiger partial charge is 0.351 e. The number of halogens is 2. The first kappa shape index (κ1) is 21.7. The van der Waals surface area contributed by atoms with Gasteiger partial charge in [0, 0.05) is 13.2 Å². The summed E-state index contributed by atoms with van der Waals surface area (Å²) in [6, 6.07) is 7.87. The molecule has 1 fully saturated rings. The second-order valence-electron chi connectivity index (χ2n) is 7.03. The lowest BCUT2D eigenvalue weighted by atomic mass is 10.1. The molecule has 1 aliphatic carbocycles. The molecule has 7 heteroatoms. The van der Waals surface area contributed by atoms with Crippen molar-refractivity contribution in [2.24, 2.45) is 4.99 Å². The van der Waals surface area contributed by atoms with Crippen molar-refractivity contribution in [2.75, 3.05) is 7.05 Å². The molecule has 1 aliphatic rings. The fourth-order valence-corrected chi connectivity index (χ4v) is 3.38. The lowest BCUT2D eigenvalue weighted by Crippen LogP contribution is -2.38. The van der Waals surface area contributed by atoms with Gasteiger partial charge >= 0.3 is 0 Å². The van der Waals surface area contributed by atoms with E-state index in [4.69, 9.17) is 0 Å². The van der Waals surface area contributed by atoms with Crippen molar-refractivity contribution in [1.29, 1.82) is 0 Å². The minimum Gasteiger partial charge on any atom is -0.351 e. The lowest BCUT2D eigenvalue weighted by Gasteiger charge is -2.18. The topological polar surface area (TPSA) is 54.2 Å². The van der Waals surface area contributed by atoms with Gasteiger partial charge in [0.05, 0.1) is 24.3 Å². The number of rotatable bonds is 5. The van der Waals surface area contributed by atoms with E-state index in [9.17, 15) is 4.39 Å². The average Bonchev–Trinajstić information content (AvgIpc) is 3.32. The molecule has 2 aromatic rings. The Kier molecular flexibility index (Phi) is 8.07. The van der Waals surface area contributed by atoms with E-state index in [-0.39, 0.29) is 35.8 Å². The molecule has 3 rings (SSSR count). The summed E-state index contributed by atoms with van der Waals surface area (Å²) in [4.78, 5) is 4.26. The first-order valence-corrected chi connectivity index (χ1v) is 9.34. The molecular weight excluding hydrogens is 456 g/mol. The van der Waals surface area contributed by atoms with Crippen LogP contribution in [0.25, 0.3) is 0 Å². The molecular formula is C20H29FIN5. The smallest absolute Gasteiger partial charge is 0.191 e. The fourth-order valence-electron chi connectivity index (χ4n) is 3.38. The molecule has 1 atom stereocenters. The van der Waals surface area contributed by atoms with Gasteiger partial charge in [-0.2, -0.15) is 5.10 Å². The Hall–Kier alpha value is -1.64. The van der Waals surface area contributed by atoms with Crippen LogP contribution in [0, 0.1) is 12.7 Å². The second-order valence-corrected chi connectivity index (χ2v) is 7.03. The van der Waals surface area contributed by atoms with Crippen LogP contribution in [0.1, 0.15) is 61.5 Å². The molecule has 1 aromatic carbocycles. The monoisotopic (exact) mass is 485 g/mol. The van der Waals surface area contributed by atoms with Crippen LogP contribution < -0.4 is 10.6 Å². The third-order valence-corrected chi connectivity index (χ3v) is 5.07. The van der Waals surface area contributed by atoms with Crippen molar-refractivity contribution in [1.82, 2.24) is 20.4 Å². The Morgan fingerprint density at radius 3 is 2.74 bits per heavy atom. The first-order valence-electron chi connectivity index (χ1n) is 9.34. The predicted molar refractivity (Wildman–Crippen MR) is 118 cm³/mol. The highest BCUT2D eigenvalue weighted by Gasteiger charge is 2.17. The van der Waals surface area contributed by atoms with Crippen LogP contribution in [-0.2, 0) is 6.54 Å². The highest BCUT2D eigenvalue weighted by molar-refractivity contribution is 14.0. The van der Waals surface area contributed by atoms with Crippen LogP contribution in [0.4, 0.5) is 4.39 Å². The maximum atomic E-state index is 13.8. The molecule has 0 radical (unpaired) electrons. The number of guanidine groups is 1. The molecule has 0 bridgehead atoms. The number of aryl methyl sites for hydroxylation is 1. The zero-order valence-corrected chi connectivity index (χ0v) is 18.5. The molecule has 1 aromatic heterocycles. The van der Waals surface area contributed by atoms with Crippen LogP contribution in [-0.4, -0.2) is 22.8 Å². The molecule has 27 heavy (non-hydrogen) atoms. The second kappa shape index (κ2) is 10.1. The van der Waals surface area contributed by atoms with Gasteiger partial charge in [0.2, 0.25) is 0 Å². The maximum Gasteiger partial charge on any atom is 0.191 e. The van der Waals surface area contributed by atoms with Gasteiger partial charge in [0.1, 0.15) is 5.82 Å². The molecule has 0 aliphatic heterocycles. The van der Waals surface area contributed by atoms with Crippen LogP contribution >= 0.6 is 24.0 Å². The zero-order valence-electron chi connectivity index (χ0n) is 16.2. The van der Waals surface area contributed by atoms with Gasteiger partial charge in [-0.15, -0.1) is 24.0 Å². The molecule has 1 saturated carbocycles.